The average molecular weight is 286 g/mol. The van der Waals surface area contributed by atoms with E-state index in [0.717, 1.165) is 6.08 Å². The van der Waals surface area contributed by atoms with E-state index in [1.165, 1.54) is 6.08 Å². The van der Waals surface area contributed by atoms with Gasteiger partial charge in [0, 0.05) is 18.2 Å². The van der Waals surface area contributed by atoms with Crippen LogP contribution in [-0.4, -0.2) is 32.2 Å². The third-order valence-corrected chi connectivity index (χ3v) is 2.63. The van der Waals surface area contributed by atoms with E-state index in [-0.39, 0.29) is 5.82 Å². The second-order valence-electron chi connectivity index (χ2n) is 4.21. The predicted molar refractivity (Wildman–Crippen MR) is 76.8 cm³/mol. The van der Waals surface area contributed by atoms with Crippen molar-refractivity contribution in [3.05, 3.63) is 47.6 Å². The van der Waals surface area contributed by atoms with Gasteiger partial charge in [0.25, 0.3) is 5.91 Å². The zero-order chi connectivity index (χ0) is 15.2. The van der Waals surface area contributed by atoms with Gasteiger partial charge in [0.05, 0.1) is 0 Å². The molecule has 0 saturated carbocycles. The number of hydrogen-bond acceptors (Lipinski definition) is 4. The number of hydrogen-bond donors (Lipinski definition) is 3. The number of anilines is 1. The fourth-order valence-electron chi connectivity index (χ4n) is 1.63. The minimum absolute atomic E-state index is 0.0679. The molecule has 0 fully saturated rings. The van der Waals surface area contributed by atoms with Crippen molar-refractivity contribution >= 4 is 23.6 Å². The number of benzene rings is 1. The van der Waals surface area contributed by atoms with Crippen LogP contribution in [0.1, 0.15) is 28.9 Å². The molecule has 0 aliphatic carbocycles. The van der Waals surface area contributed by atoms with Crippen molar-refractivity contribution in [1.82, 2.24) is 15.2 Å². The van der Waals surface area contributed by atoms with E-state index in [1.807, 2.05) is 6.92 Å². The first-order valence-corrected chi connectivity index (χ1v) is 6.32. The van der Waals surface area contributed by atoms with E-state index in [2.05, 4.69) is 20.5 Å². The average Bonchev–Trinajstić information content (AvgIpc) is 2.94. The summed E-state index contributed by atoms with van der Waals surface area (Å²) in [4.78, 5) is 26.5. The van der Waals surface area contributed by atoms with Crippen LogP contribution in [0.2, 0.25) is 0 Å². The number of carbonyl (C=O) groups excluding carboxylic acids is 1. The van der Waals surface area contributed by atoms with E-state index in [1.54, 1.807) is 24.3 Å². The molecule has 0 spiro atoms. The van der Waals surface area contributed by atoms with Gasteiger partial charge in [-0.25, -0.2) is 9.78 Å². The third-order valence-electron chi connectivity index (χ3n) is 2.63. The number of carbonyl (C=O) groups is 2. The molecular weight excluding hydrogens is 272 g/mol. The number of aromatic nitrogens is 3. The topological polar surface area (TPSA) is 108 Å². The van der Waals surface area contributed by atoms with Gasteiger partial charge in [0.15, 0.2) is 0 Å². The number of nitrogens with one attached hydrogen (secondary N) is 2. The Hall–Kier alpha value is -2.96. The normalized spacial score (nSPS) is 10.7. The molecule has 0 bridgehead atoms. The summed E-state index contributed by atoms with van der Waals surface area (Å²) < 4.78 is 0. The van der Waals surface area contributed by atoms with Gasteiger partial charge in [-0.2, -0.15) is 0 Å². The lowest BCUT2D eigenvalue weighted by Gasteiger charge is -2.03. The van der Waals surface area contributed by atoms with Crippen LogP contribution in [0.25, 0.3) is 6.08 Å². The molecule has 1 amide bonds. The van der Waals surface area contributed by atoms with E-state index >= 15 is 0 Å². The molecule has 0 radical (unpaired) electrons. The molecule has 3 N–H and O–H groups in total. The first kappa shape index (κ1) is 14.4. The summed E-state index contributed by atoms with van der Waals surface area (Å²) in [6, 6.07) is 6.80. The number of carboxylic acids is 1. The second-order valence-corrected chi connectivity index (χ2v) is 4.21. The molecule has 1 heterocycles. The standard InChI is InChI=1S/C14H14N4O3/c1-2-11-16-13(18-17-11)14(21)15-10-5-3-4-9(8-10)6-7-12(19)20/h3-8H,2H2,1H3,(H,15,21)(H,19,20)(H,16,17,18)/b7-6+. The van der Waals surface area contributed by atoms with Crippen LogP contribution < -0.4 is 5.32 Å². The summed E-state index contributed by atoms with van der Waals surface area (Å²) in [5.74, 6) is -0.751. The number of rotatable bonds is 5. The van der Waals surface area contributed by atoms with Crippen LogP contribution in [0.15, 0.2) is 30.3 Å². The summed E-state index contributed by atoms with van der Waals surface area (Å²) in [5, 5.41) is 17.7. The van der Waals surface area contributed by atoms with E-state index in [0.29, 0.717) is 23.5 Å². The molecule has 1 aromatic carbocycles. The van der Waals surface area contributed by atoms with Crippen LogP contribution in [0.3, 0.4) is 0 Å². The lowest BCUT2D eigenvalue weighted by atomic mass is 10.2. The molecule has 0 aliphatic rings. The molecule has 7 nitrogen and oxygen atoms in total. The Morgan fingerprint density at radius 3 is 2.90 bits per heavy atom. The lowest BCUT2D eigenvalue weighted by molar-refractivity contribution is -0.131. The summed E-state index contributed by atoms with van der Waals surface area (Å²) in [7, 11) is 0. The molecule has 0 unspecified atom stereocenters. The zero-order valence-electron chi connectivity index (χ0n) is 11.3. The van der Waals surface area contributed by atoms with Crippen molar-refractivity contribution in [2.24, 2.45) is 0 Å². The number of carboxylic acid groups (broad SMARTS) is 1. The van der Waals surface area contributed by atoms with Gasteiger partial charge in [-0.3, -0.25) is 9.89 Å². The number of aromatic amines is 1. The number of aliphatic carboxylic acids is 1. The molecule has 1 aromatic heterocycles. The van der Waals surface area contributed by atoms with Gasteiger partial charge in [-0.15, -0.1) is 5.10 Å². The van der Waals surface area contributed by atoms with Crippen molar-refractivity contribution in [2.45, 2.75) is 13.3 Å². The number of aryl methyl sites for hydroxylation is 1. The highest BCUT2D eigenvalue weighted by Gasteiger charge is 2.12. The molecule has 2 aromatic rings. The minimum Gasteiger partial charge on any atom is -0.478 e. The molecule has 0 atom stereocenters. The Kier molecular flexibility index (Phi) is 4.45. The number of amides is 1. The Morgan fingerprint density at radius 1 is 1.43 bits per heavy atom. The molecule has 0 saturated heterocycles. The van der Waals surface area contributed by atoms with Gasteiger partial charge in [0.1, 0.15) is 5.82 Å². The minimum atomic E-state index is -1.03. The molecule has 7 heteroatoms. The molecule has 108 valence electrons. The maximum atomic E-state index is 12.0. The summed E-state index contributed by atoms with van der Waals surface area (Å²) in [6.45, 7) is 1.90. The monoisotopic (exact) mass is 286 g/mol. The maximum Gasteiger partial charge on any atom is 0.328 e. The number of H-pyrrole nitrogens is 1. The summed E-state index contributed by atoms with van der Waals surface area (Å²) in [5.41, 5.74) is 1.20. The second kappa shape index (κ2) is 6.47. The predicted octanol–water partition coefficient (Wildman–Crippen LogP) is 1.72. The lowest BCUT2D eigenvalue weighted by Crippen LogP contribution is -2.13. The van der Waals surface area contributed by atoms with E-state index < -0.39 is 11.9 Å². The van der Waals surface area contributed by atoms with Crippen molar-refractivity contribution in [2.75, 3.05) is 5.32 Å². The van der Waals surface area contributed by atoms with Gasteiger partial charge >= 0.3 is 5.97 Å². The zero-order valence-corrected chi connectivity index (χ0v) is 11.3. The Morgan fingerprint density at radius 2 is 2.24 bits per heavy atom. The SMILES string of the molecule is CCc1nc(C(=O)Nc2cccc(/C=C/C(=O)O)c2)n[nH]1. The van der Waals surface area contributed by atoms with Gasteiger partial charge in [-0.1, -0.05) is 19.1 Å². The quantitative estimate of drug-likeness (QED) is 0.725. The van der Waals surface area contributed by atoms with Crippen LogP contribution >= 0.6 is 0 Å². The van der Waals surface area contributed by atoms with Crippen LogP contribution in [0.4, 0.5) is 5.69 Å². The largest absolute Gasteiger partial charge is 0.478 e. The molecule has 21 heavy (non-hydrogen) atoms. The van der Waals surface area contributed by atoms with Crippen molar-refractivity contribution in [3.8, 4) is 0 Å². The third kappa shape index (κ3) is 4.00. The maximum absolute atomic E-state index is 12.0. The van der Waals surface area contributed by atoms with Crippen LogP contribution in [-0.2, 0) is 11.2 Å². The van der Waals surface area contributed by atoms with Crippen LogP contribution in [0.5, 0.6) is 0 Å². The number of nitrogens with zero attached hydrogens (tertiary/aromatic N) is 2. The Bertz CT molecular complexity index is 691. The van der Waals surface area contributed by atoms with E-state index in [9.17, 15) is 9.59 Å². The van der Waals surface area contributed by atoms with Crippen LogP contribution in [0, 0.1) is 0 Å². The molecule has 2 rings (SSSR count). The first-order chi connectivity index (χ1) is 10.1. The summed E-state index contributed by atoms with van der Waals surface area (Å²) >= 11 is 0. The fraction of sp³-hybridized carbons (Fsp3) is 0.143. The van der Waals surface area contributed by atoms with Crippen molar-refractivity contribution < 1.29 is 14.7 Å². The Balaban J connectivity index is 2.10. The first-order valence-electron chi connectivity index (χ1n) is 6.32. The fourth-order valence-corrected chi connectivity index (χ4v) is 1.63. The Labute approximate surface area is 120 Å². The van der Waals surface area contributed by atoms with Crippen molar-refractivity contribution in [3.63, 3.8) is 0 Å². The van der Waals surface area contributed by atoms with E-state index in [4.69, 9.17) is 5.11 Å². The van der Waals surface area contributed by atoms with Gasteiger partial charge in [-0.05, 0) is 23.8 Å². The summed E-state index contributed by atoms with van der Waals surface area (Å²) in [6.07, 6.45) is 3.14. The smallest absolute Gasteiger partial charge is 0.328 e. The highest BCUT2D eigenvalue weighted by atomic mass is 16.4. The molecular formula is C14H14N4O3. The van der Waals surface area contributed by atoms with Crippen molar-refractivity contribution in [1.29, 1.82) is 0 Å². The highest BCUT2D eigenvalue weighted by molar-refractivity contribution is 6.01. The van der Waals surface area contributed by atoms with Gasteiger partial charge in [0.2, 0.25) is 5.82 Å². The highest BCUT2D eigenvalue weighted by Crippen LogP contribution is 2.12. The molecule has 0 aliphatic heterocycles. The van der Waals surface area contributed by atoms with Gasteiger partial charge < -0.3 is 10.4 Å².